The van der Waals surface area contributed by atoms with Crippen LogP contribution in [-0.2, 0) is 4.79 Å². The lowest BCUT2D eigenvalue weighted by Crippen LogP contribution is -2.59. The molecule has 0 aromatic carbocycles. The average molecular weight is 368 g/mol. The van der Waals surface area contributed by atoms with E-state index in [4.69, 9.17) is 5.11 Å². The van der Waals surface area contributed by atoms with E-state index in [9.17, 15) is 18.7 Å². The number of β-amino-alcohol motifs (C(OH)–C–C–N with tert-alkyl or cyclic N) is 1. The van der Waals surface area contributed by atoms with Crippen LogP contribution >= 0.6 is 0 Å². The van der Waals surface area contributed by atoms with Crippen LogP contribution in [0.15, 0.2) is 0 Å². The number of anilines is 2. The fraction of sp³-hybridized carbons (Fsp3) is 0.706. The number of aromatic nitrogens is 2. The van der Waals surface area contributed by atoms with E-state index in [2.05, 4.69) is 9.97 Å². The third-order valence-corrected chi connectivity index (χ3v) is 6.12. The maximum absolute atomic E-state index is 13.5. The van der Waals surface area contributed by atoms with Gasteiger partial charge in [0.2, 0.25) is 5.95 Å². The summed E-state index contributed by atoms with van der Waals surface area (Å²) < 4.78 is 27.0. The van der Waals surface area contributed by atoms with Gasteiger partial charge in [-0.05, 0) is 31.6 Å². The van der Waals surface area contributed by atoms with Crippen LogP contribution in [0.2, 0.25) is 0 Å². The van der Waals surface area contributed by atoms with Crippen molar-refractivity contribution in [1.29, 1.82) is 0 Å². The Labute approximate surface area is 149 Å². The van der Waals surface area contributed by atoms with Crippen LogP contribution in [0, 0.1) is 24.7 Å². The number of aliphatic carboxylic acids is 1. The zero-order valence-corrected chi connectivity index (χ0v) is 14.6. The van der Waals surface area contributed by atoms with Crippen molar-refractivity contribution in [2.45, 2.75) is 38.8 Å². The molecule has 142 valence electrons. The summed E-state index contributed by atoms with van der Waals surface area (Å²) >= 11 is 0. The number of rotatable bonds is 5. The van der Waals surface area contributed by atoms with E-state index in [1.54, 1.807) is 18.7 Å². The SMILES string of the molecule is Cc1c(C(F)F)nc(N2C[C@@H](O)[C@@H]2C)nc1N1C[C@@H]2[C@@H](CC(=O)O)[C@@H]2C1. The number of carbonyl (C=O) groups is 1. The number of nitrogens with zero attached hydrogens (tertiary/aromatic N) is 4. The summed E-state index contributed by atoms with van der Waals surface area (Å²) in [7, 11) is 0. The number of piperidine rings is 1. The second-order valence-electron chi connectivity index (χ2n) is 7.61. The maximum Gasteiger partial charge on any atom is 0.303 e. The highest BCUT2D eigenvalue weighted by Crippen LogP contribution is 2.54. The maximum atomic E-state index is 13.5. The molecule has 0 bridgehead atoms. The zero-order valence-electron chi connectivity index (χ0n) is 14.6. The molecule has 2 N–H and O–H groups in total. The fourth-order valence-corrected chi connectivity index (χ4v) is 4.34. The molecule has 26 heavy (non-hydrogen) atoms. The lowest BCUT2D eigenvalue weighted by Gasteiger charge is -2.43. The van der Waals surface area contributed by atoms with Crippen molar-refractivity contribution in [3.8, 4) is 0 Å². The number of aliphatic hydroxyl groups excluding tert-OH is 1. The number of hydrogen-bond donors (Lipinski definition) is 2. The largest absolute Gasteiger partial charge is 0.481 e. The molecular formula is C17H22F2N4O3. The van der Waals surface area contributed by atoms with Gasteiger partial charge in [0.25, 0.3) is 6.43 Å². The highest BCUT2D eigenvalue weighted by Gasteiger charge is 2.56. The Hall–Kier alpha value is -2.03. The number of hydrogen-bond acceptors (Lipinski definition) is 6. The summed E-state index contributed by atoms with van der Waals surface area (Å²) in [5, 5.41) is 18.6. The van der Waals surface area contributed by atoms with Crippen LogP contribution in [0.1, 0.15) is 31.0 Å². The minimum atomic E-state index is -2.70. The summed E-state index contributed by atoms with van der Waals surface area (Å²) in [5.74, 6) is 0.709. The normalized spacial score (nSPS) is 32.6. The standard InChI is InChI=1S/C17H22F2N4O3/c1-7-14(15(18)19)20-17(23-6-12(24)8(23)2)21-16(7)22-4-10-9(3-13(25)26)11(10)5-22/h8-12,15,24H,3-6H2,1-2H3,(H,25,26)/t8-,9-,10-,11+,12+/m0/s1. The summed E-state index contributed by atoms with van der Waals surface area (Å²) in [6.07, 6.45) is -3.04. The van der Waals surface area contributed by atoms with Crippen LogP contribution in [0.25, 0.3) is 0 Å². The number of carboxylic acids is 1. The molecule has 0 radical (unpaired) electrons. The monoisotopic (exact) mass is 368 g/mol. The molecule has 2 aliphatic heterocycles. The minimum absolute atomic E-state index is 0.169. The number of alkyl halides is 2. The van der Waals surface area contributed by atoms with Gasteiger partial charge in [-0.3, -0.25) is 4.79 Å². The van der Waals surface area contributed by atoms with Gasteiger partial charge in [-0.1, -0.05) is 0 Å². The predicted molar refractivity (Wildman–Crippen MR) is 89.5 cm³/mol. The smallest absolute Gasteiger partial charge is 0.303 e. The molecule has 2 saturated heterocycles. The predicted octanol–water partition coefficient (Wildman–Crippen LogP) is 1.45. The quantitative estimate of drug-likeness (QED) is 0.813. The highest BCUT2D eigenvalue weighted by molar-refractivity contribution is 5.68. The Kier molecular flexibility index (Phi) is 4.02. The first-order valence-electron chi connectivity index (χ1n) is 8.86. The van der Waals surface area contributed by atoms with Crippen LogP contribution in [0.4, 0.5) is 20.5 Å². The van der Waals surface area contributed by atoms with E-state index in [0.29, 0.717) is 42.9 Å². The number of carboxylic acid groups (broad SMARTS) is 1. The number of aliphatic hydroxyl groups is 1. The first kappa shape index (κ1) is 17.4. The zero-order chi connectivity index (χ0) is 18.7. The Balaban J connectivity index is 1.58. The first-order chi connectivity index (χ1) is 12.3. The second-order valence-corrected chi connectivity index (χ2v) is 7.61. The summed E-state index contributed by atoms with van der Waals surface area (Å²) in [6.45, 7) is 5.02. The van der Waals surface area contributed by atoms with Crippen LogP contribution in [0.3, 0.4) is 0 Å². The molecular weight excluding hydrogens is 346 g/mol. The summed E-state index contributed by atoms with van der Waals surface area (Å²) in [4.78, 5) is 23.1. The Morgan fingerprint density at radius 3 is 2.42 bits per heavy atom. The number of fused-ring (bicyclic) bond motifs is 1. The van der Waals surface area contributed by atoms with Gasteiger partial charge >= 0.3 is 5.97 Å². The molecule has 3 heterocycles. The minimum Gasteiger partial charge on any atom is -0.481 e. The van der Waals surface area contributed by atoms with Crippen molar-refractivity contribution in [3.05, 3.63) is 11.3 Å². The molecule has 0 spiro atoms. The van der Waals surface area contributed by atoms with Gasteiger partial charge < -0.3 is 20.0 Å². The van der Waals surface area contributed by atoms with Gasteiger partial charge in [0.05, 0.1) is 12.1 Å². The third kappa shape index (κ3) is 2.69. The molecule has 1 aliphatic carbocycles. The van der Waals surface area contributed by atoms with Crippen molar-refractivity contribution in [2.24, 2.45) is 17.8 Å². The van der Waals surface area contributed by atoms with Crippen molar-refractivity contribution in [2.75, 3.05) is 29.4 Å². The Morgan fingerprint density at radius 1 is 1.27 bits per heavy atom. The van der Waals surface area contributed by atoms with Gasteiger partial charge in [0, 0.05) is 31.6 Å². The summed E-state index contributed by atoms with van der Waals surface area (Å²) in [5.41, 5.74) is 0.0924. The molecule has 9 heteroatoms. The molecule has 0 amide bonds. The van der Waals surface area contributed by atoms with E-state index in [1.165, 1.54) is 0 Å². The molecule has 4 rings (SSSR count). The van der Waals surface area contributed by atoms with E-state index in [0.717, 1.165) is 0 Å². The molecule has 5 atom stereocenters. The van der Waals surface area contributed by atoms with Crippen molar-refractivity contribution >= 4 is 17.7 Å². The lowest BCUT2D eigenvalue weighted by atomic mass is 10.0. The summed E-state index contributed by atoms with van der Waals surface area (Å²) in [6, 6.07) is -0.206. The topological polar surface area (TPSA) is 89.8 Å². The van der Waals surface area contributed by atoms with Gasteiger partial charge in [0.1, 0.15) is 11.5 Å². The molecule has 1 aromatic rings. The van der Waals surface area contributed by atoms with E-state index >= 15 is 0 Å². The molecule has 1 saturated carbocycles. The molecule has 3 fully saturated rings. The number of halogens is 2. The molecule has 1 aromatic heterocycles. The van der Waals surface area contributed by atoms with E-state index in [-0.39, 0.29) is 30.0 Å². The van der Waals surface area contributed by atoms with E-state index in [1.807, 2.05) is 4.90 Å². The Morgan fingerprint density at radius 2 is 1.92 bits per heavy atom. The van der Waals surface area contributed by atoms with Gasteiger partial charge in [-0.25, -0.2) is 13.8 Å². The fourth-order valence-electron chi connectivity index (χ4n) is 4.34. The Bertz CT molecular complexity index is 735. The lowest BCUT2D eigenvalue weighted by molar-refractivity contribution is -0.137. The van der Waals surface area contributed by atoms with Gasteiger partial charge in [-0.2, -0.15) is 4.98 Å². The molecule has 0 unspecified atom stereocenters. The van der Waals surface area contributed by atoms with E-state index < -0.39 is 18.5 Å². The molecule has 7 nitrogen and oxygen atoms in total. The van der Waals surface area contributed by atoms with Gasteiger partial charge in [0.15, 0.2) is 0 Å². The first-order valence-corrected chi connectivity index (χ1v) is 8.86. The molecule has 3 aliphatic rings. The van der Waals surface area contributed by atoms with Crippen LogP contribution in [-0.4, -0.2) is 57.9 Å². The van der Waals surface area contributed by atoms with Crippen LogP contribution < -0.4 is 9.80 Å². The average Bonchev–Trinajstić information content (AvgIpc) is 3.02. The van der Waals surface area contributed by atoms with Crippen LogP contribution in [0.5, 0.6) is 0 Å². The van der Waals surface area contributed by atoms with Crippen molar-refractivity contribution < 1.29 is 23.8 Å². The van der Waals surface area contributed by atoms with Gasteiger partial charge in [-0.15, -0.1) is 0 Å². The van der Waals surface area contributed by atoms with Crippen molar-refractivity contribution in [1.82, 2.24) is 9.97 Å². The second kappa shape index (κ2) is 6.00. The van der Waals surface area contributed by atoms with Crippen molar-refractivity contribution in [3.63, 3.8) is 0 Å². The highest BCUT2D eigenvalue weighted by atomic mass is 19.3. The third-order valence-electron chi connectivity index (χ3n) is 6.12.